The predicted molar refractivity (Wildman–Crippen MR) is 65.6 cm³/mol. The van der Waals surface area contributed by atoms with Crippen LogP contribution in [0.25, 0.3) is 0 Å². The van der Waals surface area contributed by atoms with Crippen LogP contribution in [0.4, 0.5) is 0 Å². The van der Waals surface area contributed by atoms with Crippen molar-refractivity contribution in [1.29, 1.82) is 5.41 Å². The SMILES string of the molecule is CCC(C)Sc1nccc(C)c1C(=N)N. The number of amidine groups is 1. The first-order chi connectivity index (χ1) is 7.06. The molecule has 3 nitrogen and oxygen atoms in total. The van der Waals surface area contributed by atoms with Gasteiger partial charge in [0.1, 0.15) is 10.9 Å². The molecule has 1 aromatic rings. The molecule has 1 heterocycles. The molecule has 0 aliphatic heterocycles. The van der Waals surface area contributed by atoms with E-state index in [1.807, 2.05) is 13.0 Å². The van der Waals surface area contributed by atoms with Crippen LogP contribution in [0.3, 0.4) is 0 Å². The summed E-state index contributed by atoms with van der Waals surface area (Å²) < 4.78 is 0. The summed E-state index contributed by atoms with van der Waals surface area (Å²) in [6, 6.07) is 1.89. The molecule has 1 rings (SSSR count). The molecule has 0 radical (unpaired) electrons. The highest BCUT2D eigenvalue weighted by Gasteiger charge is 2.12. The Labute approximate surface area is 95.0 Å². The van der Waals surface area contributed by atoms with Gasteiger partial charge in [-0.15, -0.1) is 11.8 Å². The Hall–Kier alpha value is -1.03. The van der Waals surface area contributed by atoms with E-state index in [2.05, 4.69) is 18.8 Å². The lowest BCUT2D eigenvalue weighted by Gasteiger charge is -2.12. The minimum atomic E-state index is 0.103. The lowest BCUT2D eigenvalue weighted by atomic mass is 10.1. The molecule has 82 valence electrons. The van der Waals surface area contributed by atoms with E-state index in [0.29, 0.717) is 5.25 Å². The van der Waals surface area contributed by atoms with Gasteiger partial charge in [0, 0.05) is 11.4 Å². The second kappa shape index (κ2) is 5.16. The topological polar surface area (TPSA) is 62.8 Å². The quantitative estimate of drug-likeness (QED) is 0.468. The van der Waals surface area contributed by atoms with Crippen LogP contribution in [-0.4, -0.2) is 16.1 Å². The highest BCUT2D eigenvalue weighted by atomic mass is 32.2. The number of hydrogen-bond donors (Lipinski definition) is 2. The van der Waals surface area contributed by atoms with E-state index in [-0.39, 0.29) is 5.84 Å². The van der Waals surface area contributed by atoms with Crippen LogP contribution in [0, 0.1) is 12.3 Å². The lowest BCUT2D eigenvalue weighted by Crippen LogP contribution is -2.15. The smallest absolute Gasteiger partial charge is 0.125 e. The summed E-state index contributed by atoms with van der Waals surface area (Å²) in [4.78, 5) is 4.29. The van der Waals surface area contributed by atoms with Gasteiger partial charge in [0.15, 0.2) is 0 Å². The first-order valence-electron chi connectivity index (χ1n) is 5.03. The second-order valence-corrected chi connectivity index (χ2v) is 4.99. The van der Waals surface area contributed by atoms with Gasteiger partial charge in [-0.25, -0.2) is 4.98 Å². The van der Waals surface area contributed by atoms with Crippen LogP contribution in [0.5, 0.6) is 0 Å². The Balaban J connectivity index is 3.06. The van der Waals surface area contributed by atoms with E-state index in [1.54, 1.807) is 18.0 Å². The Morgan fingerprint density at radius 1 is 1.67 bits per heavy atom. The normalized spacial score (nSPS) is 12.5. The summed E-state index contributed by atoms with van der Waals surface area (Å²) in [6.07, 6.45) is 2.85. The van der Waals surface area contributed by atoms with Crippen LogP contribution in [0.2, 0.25) is 0 Å². The molecule has 0 spiro atoms. The van der Waals surface area contributed by atoms with Crippen molar-refractivity contribution in [3.63, 3.8) is 0 Å². The van der Waals surface area contributed by atoms with Crippen LogP contribution in [0.1, 0.15) is 31.4 Å². The van der Waals surface area contributed by atoms with Gasteiger partial charge in [-0.1, -0.05) is 13.8 Å². The molecule has 0 bridgehead atoms. The minimum absolute atomic E-state index is 0.103. The molecule has 1 aromatic heterocycles. The number of nitrogens with two attached hydrogens (primary N) is 1. The zero-order chi connectivity index (χ0) is 11.4. The molecule has 4 heteroatoms. The van der Waals surface area contributed by atoms with Crippen molar-refractivity contribution in [2.75, 3.05) is 0 Å². The fourth-order valence-electron chi connectivity index (χ4n) is 1.22. The largest absolute Gasteiger partial charge is 0.384 e. The van der Waals surface area contributed by atoms with E-state index in [1.165, 1.54) is 0 Å². The monoisotopic (exact) mass is 223 g/mol. The van der Waals surface area contributed by atoms with Crippen molar-refractivity contribution in [1.82, 2.24) is 4.98 Å². The third-order valence-corrected chi connectivity index (χ3v) is 3.55. The fourth-order valence-corrected chi connectivity index (χ4v) is 2.28. The van der Waals surface area contributed by atoms with Crippen molar-refractivity contribution in [2.45, 2.75) is 37.5 Å². The van der Waals surface area contributed by atoms with E-state index >= 15 is 0 Å². The maximum atomic E-state index is 7.54. The Morgan fingerprint density at radius 2 is 2.33 bits per heavy atom. The van der Waals surface area contributed by atoms with Gasteiger partial charge in [0.05, 0.1) is 5.56 Å². The molecule has 0 aliphatic rings. The number of nitrogens with zero attached hydrogens (tertiary/aromatic N) is 1. The molecule has 0 saturated heterocycles. The predicted octanol–water partition coefficient (Wildman–Crippen LogP) is 2.56. The summed E-state index contributed by atoms with van der Waals surface area (Å²) in [7, 11) is 0. The van der Waals surface area contributed by atoms with E-state index in [9.17, 15) is 0 Å². The average Bonchev–Trinajstić information content (AvgIpc) is 2.17. The summed E-state index contributed by atoms with van der Waals surface area (Å²) in [5.41, 5.74) is 7.36. The van der Waals surface area contributed by atoms with Gasteiger partial charge < -0.3 is 5.73 Å². The highest BCUT2D eigenvalue weighted by molar-refractivity contribution is 7.99. The summed E-state index contributed by atoms with van der Waals surface area (Å²) in [5.74, 6) is 0.103. The van der Waals surface area contributed by atoms with Crippen molar-refractivity contribution < 1.29 is 0 Å². The molecule has 3 N–H and O–H groups in total. The summed E-state index contributed by atoms with van der Waals surface area (Å²) in [5, 5.41) is 8.91. The molecular formula is C11H17N3S. The highest BCUT2D eigenvalue weighted by Crippen LogP contribution is 2.27. The first kappa shape index (κ1) is 12.0. The molecule has 0 amide bonds. The Kier molecular flexibility index (Phi) is 4.15. The fraction of sp³-hybridized carbons (Fsp3) is 0.455. The maximum Gasteiger partial charge on any atom is 0.125 e. The molecule has 0 aliphatic carbocycles. The van der Waals surface area contributed by atoms with E-state index in [0.717, 1.165) is 22.6 Å². The Morgan fingerprint density at radius 3 is 2.87 bits per heavy atom. The van der Waals surface area contributed by atoms with Crippen LogP contribution < -0.4 is 5.73 Å². The van der Waals surface area contributed by atoms with Crippen molar-refractivity contribution >= 4 is 17.6 Å². The number of aromatic nitrogens is 1. The molecule has 1 unspecified atom stereocenters. The lowest BCUT2D eigenvalue weighted by molar-refractivity contribution is 0.899. The maximum absolute atomic E-state index is 7.54. The number of aryl methyl sites for hydroxylation is 1. The number of nitrogens with one attached hydrogen (secondary N) is 1. The van der Waals surface area contributed by atoms with Crippen LogP contribution >= 0.6 is 11.8 Å². The third kappa shape index (κ3) is 2.96. The Bertz CT molecular complexity index is 363. The standard InChI is InChI=1S/C11H17N3S/c1-4-8(3)15-11-9(10(12)13)7(2)5-6-14-11/h5-6,8H,4H2,1-3H3,(H3,12,13). The molecule has 1 atom stereocenters. The van der Waals surface area contributed by atoms with Crippen molar-refractivity contribution in [3.8, 4) is 0 Å². The number of hydrogen-bond acceptors (Lipinski definition) is 3. The van der Waals surface area contributed by atoms with Gasteiger partial charge in [-0.2, -0.15) is 0 Å². The summed E-state index contributed by atoms with van der Waals surface area (Å²) >= 11 is 1.68. The van der Waals surface area contributed by atoms with E-state index < -0.39 is 0 Å². The number of nitrogen functional groups attached to an aromatic ring is 1. The zero-order valence-electron chi connectivity index (χ0n) is 9.37. The third-order valence-electron chi connectivity index (χ3n) is 2.28. The van der Waals surface area contributed by atoms with Gasteiger partial charge in [0.25, 0.3) is 0 Å². The van der Waals surface area contributed by atoms with Gasteiger partial charge in [-0.3, -0.25) is 5.41 Å². The van der Waals surface area contributed by atoms with Crippen molar-refractivity contribution in [3.05, 3.63) is 23.4 Å². The summed E-state index contributed by atoms with van der Waals surface area (Å²) in [6.45, 7) is 6.25. The molecule has 0 fully saturated rings. The van der Waals surface area contributed by atoms with Crippen LogP contribution in [0.15, 0.2) is 17.3 Å². The van der Waals surface area contributed by atoms with Crippen LogP contribution in [-0.2, 0) is 0 Å². The molecule has 0 aromatic carbocycles. The zero-order valence-corrected chi connectivity index (χ0v) is 10.2. The van der Waals surface area contributed by atoms with E-state index in [4.69, 9.17) is 11.1 Å². The molecule has 0 saturated carbocycles. The number of rotatable bonds is 4. The second-order valence-electron chi connectivity index (χ2n) is 3.56. The van der Waals surface area contributed by atoms with Gasteiger partial charge in [-0.05, 0) is 25.0 Å². The van der Waals surface area contributed by atoms with Crippen molar-refractivity contribution in [2.24, 2.45) is 5.73 Å². The molecule has 15 heavy (non-hydrogen) atoms. The van der Waals surface area contributed by atoms with Gasteiger partial charge in [0.2, 0.25) is 0 Å². The average molecular weight is 223 g/mol. The minimum Gasteiger partial charge on any atom is -0.384 e. The first-order valence-corrected chi connectivity index (χ1v) is 5.90. The molecular weight excluding hydrogens is 206 g/mol. The number of thioether (sulfide) groups is 1. The van der Waals surface area contributed by atoms with Gasteiger partial charge >= 0.3 is 0 Å². The number of pyridine rings is 1.